The van der Waals surface area contributed by atoms with E-state index in [0.717, 1.165) is 5.56 Å². The molecule has 0 aliphatic carbocycles. The number of carbonyl (C=O) groups excluding carboxylic acids is 2. The first-order valence-corrected chi connectivity index (χ1v) is 11.1. The monoisotopic (exact) mass is 469 g/mol. The van der Waals surface area contributed by atoms with E-state index in [-0.39, 0.29) is 23.8 Å². The van der Waals surface area contributed by atoms with Crippen molar-refractivity contribution in [2.75, 3.05) is 27.8 Å². The number of methoxy groups -OCH3 is 2. The van der Waals surface area contributed by atoms with Crippen LogP contribution in [0.1, 0.15) is 50.8 Å². The molecule has 8 heteroatoms. The van der Waals surface area contributed by atoms with Gasteiger partial charge in [-0.05, 0) is 29.2 Å². The molecule has 2 aromatic rings. The van der Waals surface area contributed by atoms with Crippen molar-refractivity contribution in [2.45, 2.75) is 39.7 Å². The van der Waals surface area contributed by atoms with Crippen LogP contribution < -0.4 is 9.47 Å². The molecular weight excluding hydrogens is 437 g/mol. The summed E-state index contributed by atoms with van der Waals surface area (Å²) in [5.74, 6) is 0.199. The maximum atomic E-state index is 14.5. The molecule has 34 heavy (non-hydrogen) atoms. The van der Waals surface area contributed by atoms with Crippen LogP contribution in [0.3, 0.4) is 0 Å². The molecule has 0 aromatic heterocycles. The van der Waals surface area contributed by atoms with Gasteiger partial charge in [-0.3, -0.25) is 9.59 Å². The van der Waals surface area contributed by atoms with E-state index >= 15 is 0 Å². The van der Waals surface area contributed by atoms with Gasteiger partial charge >= 0.3 is 0 Å². The minimum atomic E-state index is -0.479. The van der Waals surface area contributed by atoms with E-state index in [2.05, 4.69) is 5.10 Å². The van der Waals surface area contributed by atoms with E-state index in [9.17, 15) is 14.0 Å². The third-order valence-electron chi connectivity index (χ3n) is 5.62. The second-order valence-electron chi connectivity index (χ2n) is 9.59. The number of carbonyl (C=O) groups is 2. The lowest BCUT2D eigenvalue weighted by Gasteiger charge is -2.27. The summed E-state index contributed by atoms with van der Waals surface area (Å²) in [6.07, 6.45) is 0.640. The molecule has 0 saturated carbocycles. The first kappa shape index (κ1) is 25.2. The fraction of sp³-hybridized carbons (Fsp3) is 0.423. The lowest BCUT2D eigenvalue weighted by atomic mass is 9.92. The summed E-state index contributed by atoms with van der Waals surface area (Å²) in [5.41, 5.74) is 1.39. The molecule has 0 fully saturated rings. The molecule has 0 bridgehead atoms. The summed E-state index contributed by atoms with van der Waals surface area (Å²) in [6, 6.07) is 11.3. The van der Waals surface area contributed by atoms with Crippen LogP contribution in [-0.2, 0) is 9.59 Å². The number of rotatable bonds is 7. The first-order chi connectivity index (χ1) is 16.0. The van der Waals surface area contributed by atoms with Crippen molar-refractivity contribution in [3.63, 3.8) is 0 Å². The highest BCUT2D eigenvalue weighted by Crippen LogP contribution is 2.37. The van der Waals surface area contributed by atoms with E-state index in [1.807, 2.05) is 26.8 Å². The molecule has 0 N–H and O–H groups in total. The summed E-state index contributed by atoms with van der Waals surface area (Å²) in [7, 11) is 4.69. The Labute approximate surface area is 200 Å². The number of benzene rings is 2. The molecule has 0 spiro atoms. The van der Waals surface area contributed by atoms with Gasteiger partial charge in [0.25, 0.3) is 5.91 Å². The van der Waals surface area contributed by atoms with E-state index in [1.165, 1.54) is 23.1 Å². The van der Waals surface area contributed by atoms with Gasteiger partial charge in [-0.1, -0.05) is 45.0 Å². The van der Waals surface area contributed by atoms with Crippen molar-refractivity contribution in [1.29, 1.82) is 0 Å². The second-order valence-corrected chi connectivity index (χ2v) is 9.59. The number of halogens is 1. The molecular formula is C26H32FN3O4. The molecule has 2 aromatic carbocycles. The van der Waals surface area contributed by atoms with Gasteiger partial charge in [-0.15, -0.1) is 0 Å². The van der Waals surface area contributed by atoms with Crippen LogP contribution in [0, 0.1) is 11.2 Å². The molecule has 7 nitrogen and oxygen atoms in total. The van der Waals surface area contributed by atoms with Crippen molar-refractivity contribution >= 4 is 17.5 Å². The van der Waals surface area contributed by atoms with Crippen LogP contribution in [0.5, 0.6) is 11.5 Å². The minimum absolute atomic E-state index is 0.124. The second kappa shape index (κ2) is 10.2. The van der Waals surface area contributed by atoms with Gasteiger partial charge < -0.3 is 14.4 Å². The predicted molar refractivity (Wildman–Crippen MR) is 128 cm³/mol. The maximum absolute atomic E-state index is 14.5. The van der Waals surface area contributed by atoms with Crippen LogP contribution in [-0.4, -0.2) is 55.2 Å². The van der Waals surface area contributed by atoms with Crippen molar-refractivity contribution in [2.24, 2.45) is 10.5 Å². The fourth-order valence-electron chi connectivity index (χ4n) is 3.87. The highest BCUT2D eigenvalue weighted by molar-refractivity contribution is 6.03. The van der Waals surface area contributed by atoms with Gasteiger partial charge in [-0.2, -0.15) is 5.10 Å². The zero-order chi connectivity index (χ0) is 25.0. The zero-order valence-electron chi connectivity index (χ0n) is 20.6. The molecule has 1 atom stereocenters. The third-order valence-corrected chi connectivity index (χ3v) is 5.62. The number of ether oxygens (including phenoxy) is 2. The number of nitrogens with zero attached hydrogens (tertiary/aromatic N) is 3. The normalized spacial score (nSPS) is 15.7. The van der Waals surface area contributed by atoms with Crippen LogP contribution in [0.25, 0.3) is 0 Å². The molecule has 2 amide bonds. The largest absolute Gasteiger partial charge is 0.493 e. The van der Waals surface area contributed by atoms with Crippen molar-refractivity contribution < 1.29 is 23.5 Å². The molecule has 0 unspecified atom stereocenters. The molecule has 1 aliphatic heterocycles. The van der Waals surface area contributed by atoms with Crippen LogP contribution in [0.2, 0.25) is 0 Å². The SMILES string of the molecule is COc1ccc([C@@H]2CC(c3ccccc3F)=NN2C(=O)CN(C)C(=O)CC(C)(C)C)cc1OC. The predicted octanol–water partition coefficient (Wildman–Crippen LogP) is 4.42. The fourth-order valence-corrected chi connectivity index (χ4v) is 3.87. The van der Waals surface area contributed by atoms with Gasteiger partial charge in [0.15, 0.2) is 11.5 Å². The average molecular weight is 470 g/mol. The van der Waals surface area contributed by atoms with Gasteiger partial charge in [0.1, 0.15) is 12.4 Å². The average Bonchev–Trinajstić information content (AvgIpc) is 3.23. The minimum Gasteiger partial charge on any atom is -0.493 e. The summed E-state index contributed by atoms with van der Waals surface area (Å²) < 4.78 is 25.3. The summed E-state index contributed by atoms with van der Waals surface area (Å²) in [4.78, 5) is 27.3. The topological polar surface area (TPSA) is 71.4 Å². The standard InChI is InChI=1S/C26H32FN3O4/c1-26(2,3)15-24(31)29(4)16-25(32)30-21(17-11-12-22(33-5)23(13-17)34-6)14-20(28-30)18-9-7-8-10-19(18)27/h7-13,21H,14-16H2,1-6H3/t21-/m0/s1. The van der Waals surface area contributed by atoms with E-state index in [0.29, 0.717) is 35.6 Å². The molecule has 182 valence electrons. The number of hydrogen-bond donors (Lipinski definition) is 0. The van der Waals surface area contributed by atoms with Crippen LogP contribution >= 0.6 is 0 Å². The molecule has 0 radical (unpaired) electrons. The highest BCUT2D eigenvalue weighted by atomic mass is 19.1. The van der Waals surface area contributed by atoms with E-state index in [1.54, 1.807) is 44.5 Å². The Morgan fingerprint density at radius 3 is 2.41 bits per heavy atom. The van der Waals surface area contributed by atoms with Gasteiger partial charge in [-0.25, -0.2) is 9.40 Å². The summed E-state index contributed by atoms with van der Waals surface area (Å²) >= 11 is 0. The highest BCUT2D eigenvalue weighted by Gasteiger charge is 2.35. The Kier molecular flexibility index (Phi) is 7.59. The molecule has 1 heterocycles. The van der Waals surface area contributed by atoms with E-state index < -0.39 is 11.9 Å². The lowest BCUT2D eigenvalue weighted by Crippen LogP contribution is -2.40. The van der Waals surface area contributed by atoms with Crippen molar-refractivity contribution in [1.82, 2.24) is 9.91 Å². The maximum Gasteiger partial charge on any atom is 0.262 e. The number of amides is 2. The number of likely N-dealkylation sites (N-methyl/N-ethyl adjacent to an activating group) is 1. The zero-order valence-corrected chi connectivity index (χ0v) is 20.6. The molecule has 3 rings (SSSR count). The van der Waals surface area contributed by atoms with Gasteiger partial charge in [0.05, 0.1) is 26.0 Å². The van der Waals surface area contributed by atoms with Crippen LogP contribution in [0.15, 0.2) is 47.6 Å². The lowest BCUT2D eigenvalue weighted by molar-refractivity contribution is -0.141. The Bertz CT molecular complexity index is 1090. The Morgan fingerprint density at radius 2 is 1.79 bits per heavy atom. The Hall–Kier alpha value is -3.42. The number of hydrazone groups is 1. The van der Waals surface area contributed by atoms with Crippen LogP contribution in [0.4, 0.5) is 4.39 Å². The summed E-state index contributed by atoms with van der Waals surface area (Å²) in [6.45, 7) is 5.78. The first-order valence-electron chi connectivity index (χ1n) is 11.1. The Balaban J connectivity index is 1.93. The van der Waals surface area contributed by atoms with Gasteiger partial charge in [0, 0.05) is 25.5 Å². The summed E-state index contributed by atoms with van der Waals surface area (Å²) in [5, 5.41) is 5.86. The van der Waals surface area contributed by atoms with Crippen molar-refractivity contribution in [3.05, 3.63) is 59.4 Å². The third kappa shape index (κ3) is 5.73. The Morgan fingerprint density at radius 1 is 1.12 bits per heavy atom. The molecule has 1 aliphatic rings. The van der Waals surface area contributed by atoms with Crippen molar-refractivity contribution in [3.8, 4) is 11.5 Å². The van der Waals surface area contributed by atoms with Gasteiger partial charge in [0.2, 0.25) is 5.91 Å². The van der Waals surface area contributed by atoms with E-state index in [4.69, 9.17) is 9.47 Å². The smallest absolute Gasteiger partial charge is 0.262 e. The number of hydrogen-bond acceptors (Lipinski definition) is 5. The molecule has 0 saturated heterocycles. The quantitative estimate of drug-likeness (QED) is 0.602.